The van der Waals surface area contributed by atoms with Gasteiger partial charge in [-0.15, -0.1) is 0 Å². The standard InChI is InChI=1S/C10H22N2O2/c1-3-5-6-8(11)9(13)10(14)12-7-4-2/h8-9,13H,3-7,11H2,1-2H3,(H,12,14). The Morgan fingerprint density at radius 3 is 2.57 bits per heavy atom. The maximum absolute atomic E-state index is 11.3. The van der Waals surface area contributed by atoms with E-state index in [2.05, 4.69) is 12.2 Å². The summed E-state index contributed by atoms with van der Waals surface area (Å²) in [7, 11) is 0. The molecule has 0 saturated heterocycles. The van der Waals surface area contributed by atoms with Gasteiger partial charge in [-0.2, -0.15) is 0 Å². The predicted molar refractivity (Wildman–Crippen MR) is 56.8 cm³/mol. The lowest BCUT2D eigenvalue weighted by Crippen LogP contribution is -2.46. The van der Waals surface area contributed by atoms with E-state index in [1.54, 1.807) is 0 Å². The molecule has 1 amide bonds. The number of aliphatic hydroxyl groups excluding tert-OH is 1. The minimum absolute atomic E-state index is 0.351. The summed E-state index contributed by atoms with van der Waals surface area (Å²) in [4.78, 5) is 11.3. The van der Waals surface area contributed by atoms with Crippen molar-refractivity contribution >= 4 is 5.91 Å². The van der Waals surface area contributed by atoms with Gasteiger partial charge in [0, 0.05) is 12.6 Å². The molecule has 4 nitrogen and oxygen atoms in total. The van der Waals surface area contributed by atoms with Crippen LogP contribution in [0.5, 0.6) is 0 Å². The molecule has 0 aromatic carbocycles. The molecule has 0 aromatic heterocycles. The maximum Gasteiger partial charge on any atom is 0.250 e. The minimum Gasteiger partial charge on any atom is -0.382 e. The van der Waals surface area contributed by atoms with Crippen LogP contribution in [-0.2, 0) is 4.79 Å². The second-order valence-electron chi connectivity index (χ2n) is 3.54. The molecule has 0 aliphatic rings. The van der Waals surface area contributed by atoms with E-state index in [9.17, 15) is 9.90 Å². The van der Waals surface area contributed by atoms with Gasteiger partial charge >= 0.3 is 0 Å². The molecule has 0 aromatic rings. The average molecular weight is 202 g/mol. The minimum atomic E-state index is -1.06. The molecule has 0 saturated carbocycles. The van der Waals surface area contributed by atoms with E-state index >= 15 is 0 Å². The van der Waals surface area contributed by atoms with Gasteiger partial charge in [0.05, 0.1) is 0 Å². The van der Waals surface area contributed by atoms with Crippen molar-refractivity contribution in [1.82, 2.24) is 5.32 Å². The van der Waals surface area contributed by atoms with Crippen molar-refractivity contribution in [3.05, 3.63) is 0 Å². The topological polar surface area (TPSA) is 75.3 Å². The van der Waals surface area contributed by atoms with Crippen molar-refractivity contribution in [2.75, 3.05) is 6.54 Å². The molecule has 0 aliphatic carbocycles. The molecule has 0 rings (SSSR count). The molecule has 0 spiro atoms. The monoisotopic (exact) mass is 202 g/mol. The van der Waals surface area contributed by atoms with Crippen LogP contribution in [0.4, 0.5) is 0 Å². The molecular weight excluding hydrogens is 180 g/mol. The lowest BCUT2D eigenvalue weighted by Gasteiger charge is -2.17. The smallest absolute Gasteiger partial charge is 0.250 e. The van der Waals surface area contributed by atoms with Crippen molar-refractivity contribution in [3.63, 3.8) is 0 Å². The summed E-state index contributed by atoms with van der Waals surface area (Å²) in [5, 5.41) is 12.1. The highest BCUT2D eigenvalue weighted by molar-refractivity contribution is 5.81. The summed E-state index contributed by atoms with van der Waals surface area (Å²) >= 11 is 0. The number of nitrogens with one attached hydrogen (secondary N) is 1. The van der Waals surface area contributed by atoms with Gasteiger partial charge < -0.3 is 16.2 Å². The molecular formula is C10H22N2O2. The van der Waals surface area contributed by atoms with Gasteiger partial charge in [0.25, 0.3) is 0 Å². The first-order valence-corrected chi connectivity index (χ1v) is 5.34. The number of aliphatic hydroxyl groups is 1. The number of hydrogen-bond donors (Lipinski definition) is 3. The van der Waals surface area contributed by atoms with Gasteiger partial charge in [0.15, 0.2) is 0 Å². The Morgan fingerprint density at radius 2 is 2.07 bits per heavy atom. The van der Waals surface area contributed by atoms with E-state index in [1.807, 2.05) is 6.92 Å². The van der Waals surface area contributed by atoms with Gasteiger partial charge in [-0.1, -0.05) is 26.7 Å². The zero-order valence-corrected chi connectivity index (χ0v) is 9.12. The third-order valence-corrected chi connectivity index (χ3v) is 2.11. The summed E-state index contributed by atoms with van der Waals surface area (Å²) in [6.07, 6.45) is 2.46. The van der Waals surface area contributed by atoms with Crippen LogP contribution in [0.25, 0.3) is 0 Å². The SMILES string of the molecule is CCCCC(N)C(O)C(=O)NCCC. The largest absolute Gasteiger partial charge is 0.382 e. The first kappa shape index (κ1) is 13.4. The van der Waals surface area contributed by atoms with Crippen molar-refractivity contribution in [1.29, 1.82) is 0 Å². The first-order chi connectivity index (χ1) is 6.63. The second-order valence-corrected chi connectivity index (χ2v) is 3.54. The fraction of sp³-hybridized carbons (Fsp3) is 0.900. The molecule has 0 aliphatic heterocycles. The van der Waals surface area contributed by atoms with Crippen LogP contribution in [0.1, 0.15) is 39.5 Å². The Balaban J connectivity index is 3.78. The van der Waals surface area contributed by atoms with E-state index < -0.39 is 12.1 Å². The summed E-state index contributed by atoms with van der Waals surface area (Å²) in [6, 6.07) is -0.438. The van der Waals surface area contributed by atoms with Gasteiger partial charge in [0.1, 0.15) is 6.10 Å². The lowest BCUT2D eigenvalue weighted by atomic mass is 10.0. The third-order valence-electron chi connectivity index (χ3n) is 2.11. The second kappa shape index (κ2) is 7.76. The lowest BCUT2D eigenvalue weighted by molar-refractivity contribution is -0.130. The normalized spacial score (nSPS) is 14.9. The van der Waals surface area contributed by atoms with Crippen LogP contribution in [0, 0.1) is 0 Å². The Hall–Kier alpha value is -0.610. The van der Waals surface area contributed by atoms with E-state index in [1.165, 1.54) is 0 Å². The summed E-state index contributed by atoms with van der Waals surface area (Å²) in [5.74, 6) is -0.351. The van der Waals surface area contributed by atoms with Crippen LogP contribution in [0.15, 0.2) is 0 Å². The summed E-state index contributed by atoms with van der Waals surface area (Å²) in [5.41, 5.74) is 5.67. The number of hydrogen-bond acceptors (Lipinski definition) is 3. The quantitative estimate of drug-likeness (QED) is 0.559. The third kappa shape index (κ3) is 5.19. The number of amides is 1. The first-order valence-electron chi connectivity index (χ1n) is 5.34. The maximum atomic E-state index is 11.3. The highest BCUT2D eigenvalue weighted by Gasteiger charge is 2.21. The molecule has 2 unspecified atom stereocenters. The van der Waals surface area contributed by atoms with Crippen molar-refractivity contribution in [2.45, 2.75) is 51.7 Å². The van der Waals surface area contributed by atoms with Gasteiger partial charge in [-0.3, -0.25) is 4.79 Å². The Morgan fingerprint density at radius 1 is 1.43 bits per heavy atom. The molecule has 14 heavy (non-hydrogen) atoms. The van der Waals surface area contributed by atoms with E-state index in [4.69, 9.17) is 5.73 Å². The molecule has 0 bridgehead atoms. The molecule has 0 radical (unpaired) electrons. The molecule has 0 fully saturated rings. The highest BCUT2D eigenvalue weighted by Crippen LogP contribution is 2.02. The van der Waals surface area contributed by atoms with Crippen molar-refractivity contribution in [2.24, 2.45) is 5.73 Å². The molecule has 2 atom stereocenters. The predicted octanol–water partition coefficient (Wildman–Crippen LogP) is 0.391. The molecule has 4 heteroatoms. The Kier molecular flexibility index (Phi) is 7.42. The Labute approximate surface area is 85.9 Å². The van der Waals surface area contributed by atoms with Crippen LogP contribution >= 0.6 is 0 Å². The van der Waals surface area contributed by atoms with Gasteiger partial charge in [0.2, 0.25) is 5.91 Å². The van der Waals surface area contributed by atoms with Crippen LogP contribution in [0.2, 0.25) is 0 Å². The number of unbranched alkanes of at least 4 members (excludes halogenated alkanes) is 1. The number of carbonyl (C=O) groups is 1. The zero-order chi connectivity index (χ0) is 11.0. The average Bonchev–Trinajstić information content (AvgIpc) is 2.21. The molecule has 4 N–H and O–H groups in total. The van der Waals surface area contributed by atoms with Gasteiger partial charge in [-0.05, 0) is 12.8 Å². The number of carbonyl (C=O) groups excluding carboxylic acids is 1. The van der Waals surface area contributed by atoms with Crippen LogP contribution < -0.4 is 11.1 Å². The van der Waals surface area contributed by atoms with E-state index in [0.717, 1.165) is 19.3 Å². The van der Waals surface area contributed by atoms with Gasteiger partial charge in [-0.25, -0.2) is 0 Å². The van der Waals surface area contributed by atoms with E-state index in [-0.39, 0.29) is 5.91 Å². The zero-order valence-electron chi connectivity index (χ0n) is 9.12. The highest BCUT2D eigenvalue weighted by atomic mass is 16.3. The van der Waals surface area contributed by atoms with Crippen molar-refractivity contribution < 1.29 is 9.90 Å². The molecule has 84 valence electrons. The number of rotatable bonds is 7. The fourth-order valence-corrected chi connectivity index (χ4v) is 1.14. The Bertz CT molecular complexity index is 162. The van der Waals surface area contributed by atoms with Crippen molar-refractivity contribution in [3.8, 4) is 0 Å². The summed E-state index contributed by atoms with van der Waals surface area (Å²) < 4.78 is 0. The summed E-state index contributed by atoms with van der Waals surface area (Å²) in [6.45, 7) is 4.61. The van der Waals surface area contributed by atoms with Crippen LogP contribution in [0.3, 0.4) is 0 Å². The van der Waals surface area contributed by atoms with Crippen LogP contribution in [-0.4, -0.2) is 29.7 Å². The molecule has 0 heterocycles. The van der Waals surface area contributed by atoms with E-state index in [0.29, 0.717) is 13.0 Å². The fourth-order valence-electron chi connectivity index (χ4n) is 1.14. The number of nitrogens with two attached hydrogens (primary N) is 1.